The number of carboxylic acid groups (broad SMARTS) is 1. The van der Waals surface area contributed by atoms with Gasteiger partial charge in [0.15, 0.2) is 0 Å². The highest BCUT2D eigenvalue weighted by Crippen LogP contribution is 2.33. The number of ether oxygens (including phenoxy) is 1. The van der Waals surface area contributed by atoms with E-state index in [9.17, 15) is 14.7 Å². The fourth-order valence-electron chi connectivity index (χ4n) is 2.56. The van der Waals surface area contributed by atoms with Crippen LogP contribution in [0.4, 0.5) is 4.79 Å². The van der Waals surface area contributed by atoms with Gasteiger partial charge in [-0.1, -0.05) is 0 Å². The maximum absolute atomic E-state index is 11.4. The van der Waals surface area contributed by atoms with E-state index in [4.69, 9.17) is 4.74 Å². The van der Waals surface area contributed by atoms with Gasteiger partial charge in [0.05, 0.1) is 13.0 Å². The van der Waals surface area contributed by atoms with Crippen LogP contribution in [-0.2, 0) is 9.53 Å². The number of nitrogens with zero attached hydrogens (tertiary/aromatic N) is 1. The summed E-state index contributed by atoms with van der Waals surface area (Å²) >= 11 is 0. The first-order valence-corrected chi connectivity index (χ1v) is 5.87. The highest BCUT2D eigenvalue weighted by molar-refractivity contribution is 5.73. The zero-order valence-corrected chi connectivity index (χ0v) is 10.9. The Balaban J connectivity index is 2.74. The standard InChI is InChI=1S/C12H21NO4/c1-12(2,3)13(11(15)16)9-6-5-8(7-9)10(14)17-4/h8-9H,5-7H2,1-4H3,(H,15,16)/t8-,9+/m1/s1. The van der Waals surface area contributed by atoms with E-state index in [-0.39, 0.29) is 17.9 Å². The van der Waals surface area contributed by atoms with Crippen molar-refractivity contribution in [3.05, 3.63) is 0 Å². The molecule has 0 radical (unpaired) electrons. The summed E-state index contributed by atoms with van der Waals surface area (Å²) in [5.41, 5.74) is -0.443. The topological polar surface area (TPSA) is 66.8 Å². The zero-order chi connectivity index (χ0) is 13.2. The van der Waals surface area contributed by atoms with Crippen LogP contribution in [0, 0.1) is 5.92 Å². The molecule has 1 amide bonds. The summed E-state index contributed by atoms with van der Waals surface area (Å²) in [6, 6.07) is -0.0865. The number of methoxy groups -OCH3 is 1. The normalized spacial score (nSPS) is 24.5. The SMILES string of the molecule is COC(=O)[C@@H]1CC[C@H](N(C(=O)O)C(C)(C)C)C1. The van der Waals surface area contributed by atoms with Crippen LogP contribution in [0.5, 0.6) is 0 Å². The quantitative estimate of drug-likeness (QED) is 0.754. The molecule has 1 rings (SSSR count). The molecule has 1 aliphatic rings. The first-order chi connectivity index (χ1) is 7.77. The van der Waals surface area contributed by atoms with Crippen LogP contribution >= 0.6 is 0 Å². The van der Waals surface area contributed by atoms with Gasteiger partial charge in [0, 0.05) is 11.6 Å². The summed E-state index contributed by atoms with van der Waals surface area (Å²) in [4.78, 5) is 24.2. The number of rotatable bonds is 2. The Hall–Kier alpha value is -1.26. The van der Waals surface area contributed by atoms with E-state index < -0.39 is 11.6 Å². The van der Waals surface area contributed by atoms with E-state index in [1.807, 2.05) is 20.8 Å². The molecule has 0 heterocycles. The average molecular weight is 243 g/mol. The highest BCUT2D eigenvalue weighted by Gasteiger charge is 2.40. The summed E-state index contributed by atoms with van der Waals surface area (Å²) in [5.74, 6) is -0.388. The molecular formula is C12H21NO4. The van der Waals surface area contributed by atoms with Crippen molar-refractivity contribution in [2.45, 2.75) is 51.6 Å². The van der Waals surface area contributed by atoms with E-state index in [0.29, 0.717) is 12.8 Å². The number of esters is 1. The van der Waals surface area contributed by atoms with Crippen LogP contribution in [0.2, 0.25) is 0 Å². The Morgan fingerprint density at radius 2 is 1.88 bits per heavy atom. The van der Waals surface area contributed by atoms with Crippen molar-refractivity contribution in [3.63, 3.8) is 0 Å². The summed E-state index contributed by atoms with van der Waals surface area (Å²) in [6.07, 6.45) is 1.07. The van der Waals surface area contributed by atoms with Crippen LogP contribution in [0.25, 0.3) is 0 Å². The van der Waals surface area contributed by atoms with Crippen LogP contribution in [0.3, 0.4) is 0 Å². The van der Waals surface area contributed by atoms with E-state index in [1.54, 1.807) is 0 Å². The van der Waals surface area contributed by atoms with Gasteiger partial charge in [0.1, 0.15) is 0 Å². The van der Waals surface area contributed by atoms with E-state index in [0.717, 1.165) is 6.42 Å². The number of carbonyl (C=O) groups is 2. The van der Waals surface area contributed by atoms with Crippen molar-refractivity contribution < 1.29 is 19.4 Å². The minimum atomic E-state index is -0.923. The summed E-state index contributed by atoms with van der Waals surface area (Å²) < 4.78 is 4.70. The molecule has 1 fully saturated rings. The van der Waals surface area contributed by atoms with Crippen molar-refractivity contribution in [1.29, 1.82) is 0 Å². The molecule has 0 aliphatic heterocycles. The molecule has 1 aliphatic carbocycles. The molecule has 0 saturated heterocycles. The lowest BCUT2D eigenvalue weighted by Crippen LogP contribution is -2.50. The van der Waals surface area contributed by atoms with Gasteiger partial charge in [-0.2, -0.15) is 0 Å². The molecule has 5 nitrogen and oxygen atoms in total. The fourth-order valence-corrected chi connectivity index (χ4v) is 2.56. The van der Waals surface area contributed by atoms with E-state index in [1.165, 1.54) is 12.0 Å². The Labute approximate surface area is 102 Å². The van der Waals surface area contributed by atoms with Gasteiger partial charge in [-0.05, 0) is 40.0 Å². The Bertz CT molecular complexity index is 308. The highest BCUT2D eigenvalue weighted by atomic mass is 16.5. The molecule has 0 aromatic carbocycles. The molecule has 0 aromatic rings. The van der Waals surface area contributed by atoms with Crippen LogP contribution in [0.1, 0.15) is 40.0 Å². The van der Waals surface area contributed by atoms with Gasteiger partial charge in [0.25, 0.3) is 0 Å². The summed E-state index contributed by atoms with van der Waals surface area (Å²) in [5, 5.41) is 9.26. The molecule has 1 N–H and O–H groups in total. The maximum Gasteiger partial charge on any atom is 0.407 e. The zero-order valence-electron chi connectivity index (χ0n) is 10.9. The molecule has 0 unspecified atom stereocenters. The van der Waals surface area contributed by atoms with E-state index in [2.05, 4.69) is 0 Å². The van der Waals surface area contributed by atoms with Crippen LogP contribution in [-0.4, -0.2) is 40.8 Å². The molecule has 2 atom stereocenters. The lowest BCUT2D eigenvalue weighted by molar-refractivity contribution is -0.145. The van der Waals surface area contributed by atoms with Crippen molar-refractivity contribution in [1.82, 2.24) is 4.90 Å². The molecule has 5 heteroatoms. The predicted octanol–water partition coefficient (Wildman–Crippen LogP) is 2.11. The summed E-state index contributed by atoms with van der Waals surface area (Å²) in [6.45, 7) is 5.60. The van der Waals surface area contributed by atoms with Gasteiger partial charge in [0.2, 0.25) is 0 Å². The molecule has 98 valence electrons. The second-order valence-electron chi connectivity index (χ2n) is 5.51. The fraction of sp³-hybridized carbons (Fsp3) is 0.833. The lowest BCUT2D eigenvalue weighted by Gasteiger charge is -2.38. The van der Waals surface area contributed by atoms with Crippen molar-refractivity contribution in [3.8, 4) is 0 Å². The smallest absolute Gasteiger partial charge is 0.407 e. The van der Waals surface area contributed by atoms with Gasteiger partial charge < -0.3 is 14.7 Å². The Kier molecular flexibility index (Phi) is 4.01. The average Bonchev–Trinajstić information content (AvgIpc) is 2.62. The van der Waals surface area contributed by atoms with Gasteiger partial charge in [-0.25, -0.2) is 4.79 Å². The number of amides is 1. The largest absolute Gasteiger partial charge is 0.469 e. The molecule has 0 aromatic heterocycles. The van der Waals surface area contributed by atoms with Crippen LogP contribution in [0.15, 0.2) is 0 Å². The molecule has 0 spiro atoms. The van der Waals surface area contributed by atoms with Gasteiger partial charge in [-0.3, -0.25) is 4.79 Å². The van der Waals surface area contributed by atoms with Gasteiger partial charge >= 0.3 is 12.1 Å². The summed E-state index contributed by atoms with van der Waals surface area (Å²) in [7, 11) is 1.37. The second-order valence-corrected chi connectivity index (χ2v) is 5.51. The third kappa shape index (κ3) is 3.11. The predicted molar refractivity (Wildman–Crippen MR) is 62.8 cm³/mol. The minimum absolute atomic E-state index is 0.0865. The molecule has 1 saturated carbocycles. The first kappa shape index (κ1) is 13.8. The maximum atomic E-state index is 11.4. The second kappa shape index (κ2) is 4.94. The third-order valence-corrected chi connectivity index (χ3v) is 3.23. The van der Waals surface area contributed by atoms with Crippen LogP contribution < -0.4 is 0 Å². The third-order valence-electron chi connectivity index (χ3n) is 3.23. The lowest BCUT2D eigenvalue weighted by atomic mass is 10.0. The Morgan fingerprint density at radius 3 is 2.29 bits per heavy atom. The minimum Gasteiger partial charge on any atom is -0.469 e. The monoisotopic (exact) mass is 243 g/mol. The van der Waals surface area contributed by atoms with Crippen molar-refractivity contribution in [2.75, 3.05) is 7.11 Å². The molecule has 17 heavy (non-hydrogen) atoms. The molecule has 0 bridgehead atoms. The van der Waals surface area contributed by atoms with Crippen molar-refractivity contribution in [2.24, 2.45) is 5.92 Å². The Morgan fingerprint density at radius 1 is 1.29 bits per heavy atom. The number of hydrogen-bond acceptors (Lipinski definition) is 3. The number of carbonyl (C=O) groups excluding carboxylic acids is 1. The number of hydrogen-bond donors (Lipinski definition) is 1. The van der Waals surface area contributed by atoms with Gasteiger partial charge in [-0.15, -0.1) is 0 Å². The molecular weight excluding hydrogens is 222 g/mol. The first-order valence-electron chi connectivity index (χ1n) is 5.87. The van der Waals surface area contributed by atoms with E-state index >= 15 is 0 Å². The van der Waals surface area contributed by atoms with Crippen molar-refractivity contribution >= 4 is 12.1 Å².